The zero-order chi connectivity index (χ0) is 16.7. The lowest BCUT2D eigenvalue weighted by Crippen LogP contribution is -2.38. The van der Waals surface area contributed by atoms with Crippen LogP contribution in [0.2, 0.25) is 0 Å². The lowest BCUT2D eigenvalue weighted by atomic mass is 10.0. The molecule has 1 atom stereocenters. The second kappa shape index (κ2) is 8.38. The number of nitrogens with one attached hydrogen (secondary N) is 1. The molecule has 1 unspecified atom stereocenters. The van der Waals surface area contributed by atoms with Crippen molar-refractivity contribution in [3.8, 4) is 11.4 Å². The number of aliphatic hydroxyl groups excluding tert-OH is 1. The highest BCUT2D eigenvalue weighted by molar-refractivity contribution is 5.76. The van der Waals surface area contributed by atoms with Crippen molar-refractivity contribution in [3.63, 3.8) is 0 Å². The van der Waals surface area contributed by atoms with Gasteiger partial charge in [0.05, 0.1) is 12.6 Å². The standard InChI is InChI=1S/C16H22N4O3/c1-11(2)9-13(10-21)18-14(22)3-4-15-19-16(20-23-15)12-5-7-17-8-6-12/h5-8,11,13,21H,3-4,9-10H2,1-2H3,(H,18,22). The van der Waals surface area contributed by atoms with Crippen molar-refractivity contribution in [3.05, 3.63) is 30.4 Å². The number of nitrogens with zero attached hydrogens (tertiary/aromatic N) is 3. The Bertz CT molecular complexity index is 613. The van der Waals surface area contributed by atoms with E-state index in [4.69, 9.17) is 4.52 Å². The van der Waals surface area contributed by atoms with Gasteiger partial charge in [-0.1, -0.05) is 19.0 Å². The zero-order valence-corrected chi connectivity index (χ0v) is 13.4. The number of aromatic nitrogens is 3. The maximum absolute atomic E-state index is 11.9. The number of hydrogen-bond acceptors (Lipinski definition) is 6. The first-order chi connectivity index (χ1) is 11.1. The number of aliphatic hydroxyl groups is 1. The molecule has 2 heterocycles. The van der Waals surface area contributed by atoms with E-state index in [0.29, 0.717) is 24.1 Å². The Kier molecular flexibility index (Phi) is 6.22. The van der Waals surface area contributed by atoms with Gasteiger partial charge in [-0.3, -0.25) is 9.78 Å². The van der Waals surface area contributed by atoms with Gasteiger partial charge in [-0.15, -0.1) is 0 Å². The molecule has 0 spiro atoms. The number of aryl methyl sites for hydroxylation is 1. The maximum atomic E-state index is 11.9. The van der Waals surface area contributed by atoms with E-state index in [2.05, 4.69) is 20.4 Å². The van der Waals surface area contributed by atoms with Crippen LogP contribution >= 0.6 is 0 Å². The third-order valence-corrected chi connectivity index (χ3v) is 3.31. The second-order valence-electron chi connectivity index (χ2n) is 5.82. The van der Waals surface area contributed by atoms with Crippen LogP contribution in [0.1, 0.15) is 32.6 Å². The summed E-state index contributed by atoms with van der Waals surface area (Å²) in [4.78, 5) is 20.1. The highest BCUT2D eigenvalue weighted by atomic mass is 16.5. The molecule has 2 N–H and O–H groups in total. The first-order valence-corrected chi connectivity index (χ1v) is 7.71. The van der Waals surface area contributed by atoms with Crippen LogP contribution in [0.4, 0.5) is 0 Å². The number of rotatable bonds is 8. The van der Waals surface area contributed by atoms with Crippen molar-refractivity contribution in [2.75, 3.05) is 6.61 Å². The predicted octanol–water partition coefficient (Wildman–Crippen LogP) is 1.59. The minimum atomic E-state index is -0.211. The van der Waals surface area contributed by atoms with Gasteiger partial charge in [-0.05, 0) is 24.5 Å². The predicted molar refractivity (Wildman–Crippen MR) is 84.3 cm³/mol. The lowest BCUT2D eigenvalue weighted by molar-refractivity contribution is -0.122. The van der Waals surface area contributed by atoms with E-state index in [0.717, 1.165) is 12.0 Å². The van der Waals surface area contributed by atoms with Crippen molar-refractivity contribution >= 4 is 5.91 Å². The van der Waals surface area contributed by atoms with Crippen LogP contribution in [0, 0.1) is 5.92 Å². The van der Waals surface area contributed by atoms with Gasteiger partial charge >= 0.3 is 0 Å². The van der Waals surface area contributed by atoms with Gasteiger partial charge in [0.1, 0.15) is 0 Å². The van der Waals surface area contributed by atoms with Gasteiger partial charge in [0.15, 0.2) is 0 Å². The first kappa shape index (κ1) is 17.1. The van der Waals surface area contributed by atoms with Crippen LogP contribution in [0.3, 0.4) is 0 Å². The number of amides is 1. The summed E-state index contributed by atoms with van der Waals surface area (Å²) in [5.41, 5.74) is 0.816. The molecule has 2 aromatic rings. The summed E-state index contributed by atoms with van der Waals surface area (Å²) >= 11 is 0. The molecule has 0 saturated heterocycles. The fourth-order valence-electron chi connectivity index (χ4n) is 2.24. The largest absolute Gasteiger partial charge is 0.394 e. The Hall–Kier alpha value is -2.28. The van der Waals surface area contributed by atoms with E-state index >= 15 is 0 Å². The molecule has 1 amide bonds. The molecular weight excluding hydrogens is 296 g/mol. The third-order valence-electron chi connectivity index (χ3n) is 3.31. The highest BCUT2D eigenvalue weighted by Crippen LogP contribution is 2.14. The number of hydrogen-bond donors (Lipinski definition) is 2. The second-order valence-corrected chi connectivity index (χ2v) is 5.82. The summed E-state index contributed by atoms with van der Waals surface area (Å²) in [6, 6.07) is 3.37. The summed E-state index contributed by atoms with van der Waals surface area (Å²) in [6.45, 7) is 4.04. The Balaban J connectivity index is 1.84. The van der Waals surface area contributed by atoms with Crippen molar-refractivity contribution in [2.24, 2.45) is 5.92 Å². The Morgan fingerprint density at radius 2 is 2.09 bits per heavy atom. The van der Waals surface area contributed by atoms with Crippen LogP contribution in [0.25, 0.3) is 11.4 Å². The van der Waals surface area contributed by atoms with Crippen LogP contribution in [-0.4, -0.2) is 38.8 Å². The average molecular weight is 318 g/mol. The average Bonchev–Trinajstić information content (AvgIpc) is 3.01. The van der Waals surface area contributed by atoms with E-state index in [-0.39, 0.29) is 25.0 Å². The van der Waals surface area contributed by atoms with E-state index < -0.39 is 0 Å². The molecule has 2 rings (SSSR count). The van der Waals surface area contributed by atoms with E-state index in [9.17, 15) is 9.90 Å². The van der Waals surface area contributed by atoms with Gasteiger partial charge < -0.3 is 14.9 Å². The van der Waals surface area contributed by atoms with Crippen LogP contribution in [0.15, 0.2) is 29.0 Å². The SMILES string of the molecule is CC(C)CC(CO)NC(=O)CCc1nc(-c2ccncc2)no1. The zero-order valence-electron chi connectivity index (χ0n) is 13.4. The van der Waals surface area contributed by atoms with E-state index in [1.165, 1.54) is 0 Å². The van der Waals surface area contributed by atoms with Crippen molar-refractivity contribution in [1.82, 2.24) is 20.4 Å². The monoisotopic (exact) mass is 318 g/mol. The van der Waals surface area contributed by atoms with Gasteiger partial charge in [0, 0.05) is 30.8 Å². The quantitative estimate of drug-likeness (QED) is 0.766. The Morgan fingerprint density at radius 3 is 2.74 bits per heavy atom. The molecule has 7 nitrogen and oxygen atoms in total. The number of pyridine rings is 1. The van der Waals surface area contributed by atoms with Gasteiger partial charge in [0.2, 0.25) is 17.6 Å². The normalized spacial score (nSPS) is 12.3. The minimum absolute atomic E-state index is 0.0589. The Labute approximate surface area is 135 Å². The van der Waals surface area contributed by atoms with Crippen molar-refractivity contribution < 1.29 is 14.4 Å². The van der Waals surface area contributed by atoms with Gasteiger partial charge in [-0.2, -0.15) is 4.98 Å². The fraction of sp³-hybridized carbons (Fsp3) is 0.500. The summed E-state index contributed by atoms with van der Waals surface area (Å²) < 4.78 is 5.15. The molecule has 0 saturated carbocycles. The topological polar surface area (TPSA) is 101 Å². The third kappa shape index (κ3) is 5.45. The molecule has 124 valence electrons. The van der Waals surface area contributed by atoms with Crippen molar-refractivity contribution in [2.45, 2.75) is 39.2 Å². The van der Waals surface area contributed by atoms with Crippen LogP contribution in [0.5, 0.6) is 0 Å². The summed E-state index contributed by atoms with van der Waals surface area (Å²) in [5, 5.41) is 16.0. The summed E-state index contributed by atoms with van der Waals surface area (Å²) in [7, 11) is 0. The molecule has 7 heteroatoms. The molecule has 23 heavy (non-hydrogen) atoms. The summed E-state index contributed by atoms with van der Waals surface area (Å²) in [6.07, 6.45) is 4.66. The fourth-order valence-corrected chi connectivity index (χ4v) is 2.24. The highest BCUT2D eigenvalue weighted by Gasteiger charge is 2.15. The number of carbonyl (C=O) groups excluding carboxylic acids is 1. The van der Waals surface area contributed by atoms with Crippen molar-refractivity contribution in [1.29, 1.82) is 0 Å². The first-order valence-electron chi connectivity index (χ1n) is 7.71. The molecule has 0 bridgehead atoms. The molecule has 0 fully saturated rings. The van der Waals surface area contributed by atoms with Gasteiger partial charge in [0.25, 0.3) is 0 Å². The molecule has 0 radical (unpaired) electrons. The van der Waals surface area contributed by atoms with Crippen LogP contribution < -0.4 is 5.32 Å². The minimum Gasteiger partial charge on any atom is -0.394 e. The van der Waals surface area contributed by atoms with Gasteiger partial charge in [-0.25, -0.2) is 0 Å². The lowest BCUT2D eigenvalue weighted by Gasteiger charge is -2.17. The smallest absolute Gasteiger partial charge is 0.227 e. The molecule has 0 aliphatic heterocycles. The van der Waals surface area contributed by atoms with E-state index in [1.807, 2.05) is 13.8 Å². The maximum Gasteiger partial charge on any atom is 0.227 e. The Morgan fingerprint density at radius 1 is 1.35 bits per heavy atom. The molecular formula is C16H22N4O3. The molecule has 0 aliphatic carbocycles. The van der Waals surface area contributed by atoms with Crippen LogP contribution in [-0.2, 0) is 11.2 Å². The molecule has 2 aromatic heterocycles. The molecule has 0 aliphatic rings. The number of carbonyl (C=O) groups is 1. The van der Waals surface area contributed by atoms with E-state index in [1.54, 1.807) is 24.5 Å². The summed E-state index contributed by atoms with van der Waals surface area (Å²) in [5.74, 6) is 1.17. The molecule has 0 aromatic carbocycles.